The molecule has 10 aromatic carbocycles. The van der Waals surface area contributed by atoms with Crippen LogP contribution in [0, 0.1) is 0 Å². The Labute approximate surface area is 385 Å². The average Bonchev–Trinajstić information content (AvgIpc) is 3.89. The molecule has 0 N–H and O–H groups in total. The van der Waals surface area contributed by atoms with Gasteiger partial charge < -0.3 is 14.0 Å². The van der Waals surface area contributed by atoms with Crippen LogP contribution >= 0.6 is 0 Å². The van der Waals surface area contributed by atoms with Crippen LogP contribution in [0.15, 0.2) is 231 Å². The zero-order chi connectivity index (χ0) is 44.2. The minimum atomic E-state index is -0.520. The summed E-state index contributed by atoms with van der Waals surface area (Å²) in [6, 6.07) is 84.1. The van der Waals surface area contributed by atoms with E-state index in [2.05, 4.69) is 217 Å². The quantitative estimate of drug-likeness (QED) is 0.135. The highest BCUT2D eigenvalue weighted by atomic mass is 16.5. The molecule has 0 atom stereocenters. The summed E-state index contributed by atoms with van der Waals surface area (Å²) in [6.45, 7) is 0. The van der Waals surface area contributed by atoms with Crippen molar-refractivity contribution in [1.29, 1.82) is 0 Å². The molecule has 11 aromatic rings. The van der Waals surface area contributed by atoms with E-state index in [9.17, 15) is 0 Å². The summed E-state index contributed by atoms with van der Waals surface area (Å²) < 4.78 is 13.7. The highest BCUT2D eigenvalue weighted by Crippen LogP contribution is 2.57. The highest BCUT2D eigenvalue weighted by molar-refractivity contribution is 6.24. The van der Waals surface area contributed by atoms with Gasteiger partial charge in [0.25, 0.3) is 0 Å². The van der Waals surface area contributed by atoms with Crippen LogP contribution in [-0.4, -0.2) is 18.8 Å². The molecule has 3 nitrogen and oxygen atoms in total. The molecule has 0 saturated heterocycles. The van der Waals surface area contributed by atoms with Crippen LogP contribution in [0.4, 0.5) is 0 Å². The van der Waals surface area contributed by atoms with Gasteiger partial charge in [0.1, 0.15) is 11.5 Å². The monoisotopic (exact) mass is 847 g/mol. The fraction of sp³-hybridized carbons (Fsp3) is 0.0476. The van der Waals surface area contributed by atoms with E-state index in [1.165, 1.54) is 66.0 Å². The van der Waals surface area contributed by atoms with E-state index >= 15 is 0 Å². The number of hydrogen-bond donors (Lipinski definition) is 0. The molecule has 1 heterocycles. The molecule has 1 aliphatic rings. The SMILES string of the molecule is COc1ccc(/C=C(/c2ccc(OC)cc2)c2ccccc2-c2cc3c(c4ccccc24)c2ccccc2n3-c2ccc3c(c2)C(c2ccccc2)(c2ccccc2)c2ccccc2-3)cc1. The van der Waals surface area contributed by atoms with E-state index in [1.807, 2.05) is 24.3 Å². The number of benzene rings is 10. The third-order valence-electron chi connectivity index (χ3n) is 13.7. The van der Waals surface area contributed by atoms with Crippen LogP contribution in [0.25, 0.3) is 72.2 Å². The smallest absolute Gasteiger partial charge is 0.118 e. The lowest BCUT2D eigenvalue weighted by molar-refractivity contribution is 0.414. The Morgan fingerprint density at radius 3 is 1.68 bits per heavy atom. The van der Waals surface area contributed by atoms with Gasteiger partial charge in [-0.3, -0.25) is 0 Å². The number of hydrogen-bond acceptors (Lipinski definition) is 2. The average molecular weight is 848 g/mol. The van der Waals surface area contributed by atoms with Crippen LogP contribution in [0.5, 0.6) is 11.5 Å². The number of rotatable bonds is 9. The second kappa shape index (κ2) is 16.0. The van der Waals surface area contributed by atoms with Crippen LogP contribution in [-0.2, 0) is 5.41 Å². The Kier molecular flexibility index (Phi) is 9.50. The molecule has 0 radical (unpaired) electrons. The van der Waals surface area contributed by atoms with Gasteiger partial charge in [-0.05, 0) is 132 Å². The summed E-state index contributed by atoms with van der Waals surface area (Å²) in [5, 5.41) is 4.89. The number of aromatic nitrogens is 1. The molecule has 0 saturated carbocycles. The molecular weight excluding hydrogens is 803 g/mol. The summed E-state index contributed by atoms with van der Waals surface area (Å²) in [7, 11) is 3.42. The van der Waals surface area contributed by atoms with E-state index in [0.717, 1.165) is 50.5 Å². The zero-order valence-corrected chi connectivity index (χ0v) is 36.8. The molecule has 0 bridgehead atoms. The van der Waals surface area contributed by atoms with E-state index in [1.54, 1.807) is 14.2 Å². The minimum Gasteiger partial charge on any atom is -0.497 e. The van der Waals surface area contributed by atoms with Crippen molar-refractivity contribution in [3.8, 4) is 39.4 Å². The molecule has 0 spiro atoms. The van der Waals surface area contributed by atoms with Gasteiger partial charge in [-0.25, -0.2) is 0 Å². The number of ether oxygens (including phenoxy) is 2. The number of para-hydroxylation sites is 1. The second-order valence-electron chi connectivity index (χ2n) is 17.1. The number of methoxy groups -OCH3 is 2. The lowest BCUT2D eigenvalue weighted by Gasteiger charge is -2.34. The van der Waals surface area contributed by atoms with Crippen molar-refractivity contribution in [3.63, 3.8) is 0 Å². The number of fused-ring (bicyclic) bond motifs is 8. The molecule has 66 heavy (non-hydrogen) atoms. The summed E-state index contributed by atoms with van der Waals surface area (Å²) in [5.74, 6) is 1.65. The van der Waals surface area contributed by atoms with Crippen LogP contribution < -0.4 is 9.47 Å². The van der Waals surface area contributed by atoms with Gasteiger partial charge >= 0.3 is 0 Å². The summed E-state index contributed by atoms with van der Waals surface area (Å²) in [5.41, 5.74) is 17.3. The van der Waals surface area contributed by atoms with Gasteiger partial charge in [-0.15, -0.1) is 0 Å². The Hall–Kier alpha value is -8.40. The second-order valence-corrected chi connectivity index (χ2v) is 17.1. The van der Waals surface area contributed by atoms with Crippen LogP contribution in [0.3, 0.4) is 0 Å². The van der Waals surface area contributed by atoms with Crippen molar-refractivity contribution in [2.45, 2.75) is 5.41 Å². The Bertz CT molecular complexity index is 3600. The predicted octanol–water partition coefficient (Wildman–Crippen LogP) is 15.6. The molecule has 0 fully saturated rings. The lowest BCUT2D eigenvalue weighted by atomic mass is 9.67. The topological polar surface area (TPSA) is 23.4 Å². The van der Waals surface area contributed by atoms with Crippen molar-refractivity contribution in [1.82, 2.24) is 4.57 Å². The van der Waals surface area contributed by atoms with Gasteiger partial charge in [0.15, 0.2) is 0 Å². The molecule has 314 valence electrons. The first kappa shape index (κ1) is 39.2. The molecule has 0 aliphatic heterocycles. The van der Waals surface area contributed by atoms with Crippen molar-refractivity contribution in [2.24, 2.45) is 0 Å². The largest absolute Gasteiger partial charge is 0.497 e. The van der Waals surface area contributed by atoms with Gasteiger partial charge in [-0.2, -0.15) is 0 Å². The maximum Gasteiger partial charge on any atom is 0.118 e. The van der Waals surface area contributed by atoms with Crippen LogP contribution in [0.2, 0.25) is 0 Å². The number of nitrogens with zero attached hydrogens (tertiary/aromatic N) is 1. The summed E-state index contributed by atoms with van der Waals surface area (Å²) >= 11 is 0. The van der Waals surface area contributed by atoms with E-state index in [-0.39, 0.29) is 0 Å². The first-order valence-electron chi connectivity index (χ1n) is 22.6. The predicted molar refractivity (Wildman–Crippen MR) is 274 cm³/mol. The Morgan fingerprint density at radius 1 is 0.424 bits per heavy atom. The fourth-order valence-corrected chi connectivity index (χ4v) is 10.8. The van der Waals surface area contributed by atoms with Crippen molar-refractivity contribution in [2.75, 3.05) is 14.2 Å². The van der Waals surface area contributed by atoms with E-state index in [4.69, 9.17) is 9.47 Å². The van der Waals surface area contributed by atoms with E-state index in [0.29, 0.717) is 0 Å². The third kappa shape index (κ3) is 6.12. The molecule has 0 amide bonds. The van der Waals surface area contributed by atoms with E-state index < -0.39 is 5.41 Å². The summed E-state index contributed by atoms with van der Waals surface area (Å²) in [4.78, 5) is 0. The van der Waals surface area contributed by atoms with Crippen LogP contribution in [0.1, 0.15) is 38.9 Å². The van der Waals surface area contributed by atoms with Crippen molar-refractivity contribution in [3.05, 3.63) is 269 Å². The Balaban J connectivity index is 1.14. The molecular formula is C63H45NO2. The van der Waals surface area contributed by atoms with Gasteiger partial charge in [0.05, 0.1) is 30.7 Å². The van der Waals surface area contributed by atoms with Crippen molar-refractivity contribution < 1.29 is 9.47 Å². The highest BCUT2D eigenvalue weighted by Gasteiger charge is 2.46. The molecule has 3 heteroatoms. The molecule has 1 aliphatic carbocycles. The summed E-state index contributed by atoms with van der Waals surface area (Å²) in [6.07, 6.45) is 2.28. The minimum absolute atomic E-state index is 0.520. The van der Waals surface area contributed by atoms with Gasteiger partial charge in [0.2, 0.25) is 0 Å². The molecule has 12 rings (SSSR count). The Morgan fingerprint density at radius 2 is 0.985 bits per heavy atom. The molecule has 1 aromatic heterocycles. The molecule has 0 unspecified atom stereocenters. The third-order valence-corrected chi connectivity index (χ3v) is 13.7. The lowest BCUT2D eigenvalue weighted by Crippen LogP contribution is -2.28. The first-order valence-corrected chi connectivity index (χ1v) is 22.6. The normalized spacial score (nSPS) is 12.9. The fourth-order valence-electron chi connectivity index (χ4n) is 10.8. The van der Waals surface area contributed by atoms with Gasteiger partial charge in [-0.1, -0.05) is 182 Å². The maximum absolute atomic E-state index is 5.61. The van der Waals surface area contributed by atoms with Gasteiger partial charge in [0, 0.05) is 16.5 Å². The van der Waals surface area contributed by atoms with Crippen molar-refractivity contribution >= 4 is 44.2 Å². The zero-order valence-electron chi connectivity index (χ0n) is 36.8. The maximum atomic E-state index is 5.61. The standard InChI is InChI=1S/C63H45NO2/c1-65-47-34-29-42(30-35-47)39-56(43-31-36-48(66-2)37-32-43)49-21-9-10-22-50(49)57-41-61-62(54-25-12-11-23-51(54)57)55-26-14-16-28-60(55)64(61)46-33-38-53-52-24-13-15-27-58(52)63(59(53)40-46,44-17-5-3-6-18-44)45-19-7-4-8-20-45/h3-41H,1-2H3/b56-39-. The first-order chi connectivity index (χ1) is 32.6.